The molecule has 1 amide bonds. The summed E-state index contributed by atoms with van der Waals surface area (Å²) in [7, 11) is -3.22. The molecule has 3 aromatic rings. The van der Waals surface area contributed by atoms with Crippen LogP contribution in [-0.2, 0) is 0 Å². The van der Waals surface area contributed by atoms with Gasteiger partial charge in [0.1, 0.15) is 11.3 Å². The van der Waals surface area contributed by atoms with Crippen molar-refractivity contribution in [3.05, 3.63) is 87.1 Å². The van der Waals surface area contributed by atoms with Gasteiger partial charge in [-0.3, -0.25) is 18.7 Å². The summed E-state index contributed by atoms with van der Waals surface area (Å²) in [4.78, 5) is 30.5. The Balaban J connectivity index is 0.00000210. The molecule has 37 heavy (non-hydrogen) atoms. The van der Waals surface area contributed by atoms with E-state index in [9.17, 15) is 18.7 Å². The Morgan fingerprint density at radius 2 is 2.03 bits per heavy atom. The van der Waals surface area contributed by atoms with Gasteiger partial charge in [0, 0.05) is 25.8 Å². The van der Waals surface area contributed by atoms with Crippen LogP contribution < -0.4 is 15.5 Å². The van der Waals surface area contributed by atoms with E-state index >= 15 is 0 Å². The molecule has 4 N–H and O–H groups in total. The van der Waals surface area contributed by atoms with Crippen molar-refractivity contribution in [1.29, 1.82) is 0 Å². The lowest BCUT2D eigenvalue weighted by Crippen LogP contribution is -2.31. The Morgan fingerprint density at radius 3 is 2.73 bits per heavy atom. The normalized spacial score (nSPS) is 16.8. The summed E-state index contributed by atoms with van der Waals surface area (Å²) in [6, 6.07) is 6.85. The first-order valence-corrected chi connectivity index (χ1v) is 14.0. The Hall–Kier alpha value is -3.40. The third kappa shape index (κ3) is 5.07. The van der Waals surface area contributed by atoms with Crippen molar-refractivity contribution in [3.8, 4) is 0 Å². The third-order valence-electron chi connectivity index (χ3n) is 6.74. The number of aryl methyl sites for hydroxylation is 1. The summed E-state index contributed by atoms with van der Waals surface area (Å²) in [6.07, 6.45) is 10.8. The SMILES string of the molecule is Cc1cc([C@@H](C)Nc2cccnc2C(=O)NS(O)(O)C2CC2)c2oc(C3=CCCC=C3)c(C)c(=O)c2c1.[HH].[HH]. The zero-order chi connectivity index (χ0) is 26.3. The average molecular weight is 526 g/mol. The number of allylic oxidation sites excluding steroid dienone is 4. The highest BCUT2D eigenvalue weighted by molar-refractivity contribution is 8.23. The van der Waals surface area contributed by atoms with Gasteiger partial charge in [0.05, 0.1) is 22.4 Å². The van der Waals surface area contributed by atoms with Crippen molar-refractivity contribution in [2.24, 2.45) is 0 Å². The Bertz CT molecular complexity index is 1520. The maximum atomic E-state index is 13.4. The van der Waals surface area contributed by atoms with E-state index in [1.807, 2.05) is 32.1 Å². The number of fused-ring (bicyclic) bond motifs is 1. The van der Waals surface area contributed by atoms with Crippen LogP contribution >= 0.6 is 10.8 Å². The predicted octanol–water partition coefficient (Wildman–Crippen LogP) is 6.76. The van der Waals surface area contributed by atoms with E-state index in [0.29, 0.717) is 40.8 Å². The fraction of sp³-hybridized carbons (Fsp3) is 0.321. The van der Waals surface area contributed by atoms with Crippen molar-refractivity contribution in [2.45, 2.75) is 57.7 Å². The van der Waals surface area contributed by atoms with Crippen molar-refractivity contribution >= 4 is 38.9 Å². The molecule has 0 radical (unpaired) electrons. The summed E-state index contributed by atoms with van der Waals surface area (Å²) in [5.41, 5.74) is 4.07. The fourth-order valence-electron chi connectivity index (χ4n) is 4.62. The molecule has 0 saturated heterocycles. The minimum atomic E-state index is -3.22. The standard InChI is InChI=1S/C28H31N3O5S.2H2/c1-16-14-21(27-22(15-16)25(32)17(2)26(36-27)19-8-5-4-6-9-19)18(3)30-23-10-7-13-29-24(23)28(33)31-37(34,35)20-11-12-20;;/h5,7-10,13-15,18,20,30,34-35H,4,6,11-12H2,1-3H3,(H,31,33);2*1H/t18-;;/m1../s1. The fourth-order valence-corrected chi connectivity index (χ4v) is 5.95. The zero-order valence-corrected chi connectivity index (χ0v) is 21.9. The molecule has 0 spiro atoms. The number of hydrogen-bond acceptors (Lipinski definition) is 7. The first kappa shape index (κ1) is 25.3. The first-order chi connectivity index (χ1) is 17.7. The van der Waals surface area contributed by atoms with Gasteiger partial charge in [-0.1, -0.05) is 24.3 Å². The number of carbonyl (C=O) groups is 1. The van der Waals surface area contributed by atoms with Crippen LogP contribution in [0.25, 0.3) is 16.5 Å². The van der Waals surface area contributed by atoms with E-state index in [-0.39, 0.29) is 25.3 Å². The van der Waals surface area contributed by atoms with E-state index in [4.69, 9.17) is 4.42 Å². The summed E-state index contributed by atoms with van der Waals surface area (Å²) < 4.78 is 29.3. The second-order valence-corrected chi connectivity index (χ2v) is 11.8. The van der Waals surface area contributed by atoms with Crippen molar-refractivity contribution in [2.75, 3.05) is 5.32 Å². The quantitative estimate of drug-likeness (QED) is 0.268. The Labute approximate surface area is 220 Å². The van der Waals surface area contributed by atoms with Crippen molar-refractivity contribution in [3.63, 3.8) is 0 Å². The van der Waals surface area contributed by atoms with Crippen LogP contribution in [-0.4, -0.2) is 25.2 Å². The molecule has 198 valence electrons. The van der Waals surface area contributed by atoms with Crippen LogP contribution in [0.5, 0.6) is 0 Å². The van der Waals surface area contributed by atoms with Gasteiger partial charge in [-0.05, 0) is 70.2 Å². The lowest BCUT2D eigenvalue weighted by Gasteiger charge is -2.32. The molecule has 1 atom stereocenters. The maximum absolute atomic E-state index is 13.4. The molecule has 2 heterocycles. The van der Waals surface area contributed by atoms with Crippen LogP contribution in [0.4, 0.5) is 5.69 Å². The number of nitrogens with zero attached hydrogens (tertiary/aromatic N) is 1. The van der Waals surface area contributed by atoms with Crippen LogP contribution in [0.1, 0.15) is 74.4 Å². The van der Waals surface area contributed by atoms with Gasteiger partial charge in [0.25, 0.3) is 5.91 Å². The average Bonchev–Trinajstić information content (AvgIpc) is 3.73. The molecule has 1 aromatic carbocycles. The zero-order valence-electron chi connectivity index (χ0n) is 21.1. The number of hydrogen-bond donors (Lipinski definition) is 4. The molecule has 0 bridgehead atoms. The van der Waals surface area contributed by atoms with E-state index < -0.39 is 16.7 Å². The summed E-state index contributed by atoms with van der Waals surface area (Å²) >= 11 is 0. The molecule has 5 rings (SSSR count). The lowest BCUT2D eigenvalue weighted by molar-refractivity contribution is 0.0974. The third-order valence-corrected chi connectivity index (χ3v) is 8.63. The van der Waals surface area contributed by atoms with Crippen LogP contribution in [0.2, 0.25) is 0 Å². The molecular weight excluding hydrogens is 490 g/mol. The highest BCUT2D eigenvalue weighted by Gasteiger charge is 2.37. The van der Waals surface area contributed by atoms with Gasteiger partial charge in [0.15, 0.2) is 11.1 Å². The van der Waals surface area contributed by atoms with Crippen LogP contribution in [0.3, 0.4) is 0 Å². The minimum absolute atomic E-state index is 0. The number of carbonyl (C=O) groups excluding carboxylic acids is 1. The minimum Gasteiger partial charge on any atom is -0.455 e. The highest BCUT2D eigenvalue weighted by atomic mass is 32.3. The molecule has 0 unspecified atom stereocenters. The second-order valence-electron chi connectivity index (χ2n) is 9.74. The molecule has 2 aliphatic rings. The van der Waals surface area contributed by atoms with Gasteiger partial charge in [0.2, 0.25) is 0 Å². The molecule has 8 nitrogen and oxygen atoms in total. The largest absolute Gasteiger partial charge is 0.455 e. The lowest BCUT2D eigenvalue weighted by atomic mass is 9.97. The monoisotopic (exact) mass is 525 g/mol. The molecule has 1 fully saturated rings. The van der Waals surface area contributed by atoms with Gasteiger partial charge < -0.3 is 9.73 Å². The summed E-state index contributed by atoms with van der Waals surface area (Å²) in [5.74, 6) is -0.0887. The van der Waals surface area contributed by atoms with Crippen LogP contribution in [0.15, 0.2) is 57.9 Å². The first-order valence-electron chi connectivity index (χ1n) is 12.4. The van der Waals surface area contributed by atoms with E-state index in [2.05, 4.69) is 27.2 Å². The smallest absolute Gasteiger partial charge is 0.290 e. The van der Waals surface area contributed by atoms with Gasteiger partial charge in [-0.2, -0.15) is 0 Å². The number of aromatic nitrogens is 1. The molecule has 2 aromatic heterocycles. The number of amides is 1. The maximum Gasteiger partial charge on any atom is 0.290 e. The number of benzene rings is 1. The van der Waals surface area contributed by atoms with E-state index in [0.717, 1.165) is 29.5 Å². The molecule has 1 saturated carbocycles. The molecule has 9 heteroatoms. The molecular formula is C28H35N3O5S. The van der Waals surface area contributed by atoms with Gasteiger partial charge in [-0.15, -0.1) is 10.8 Å². The number of anilines is 1. The second kappa shape index (κ2) is 9.81. The predicted molar refractivity (Wildman–Crippen MR) is 152 cm³/mol. The summed E-state index contributed by atoms with van der Waals surface area (Å²) in [5, 5.41) is 3.53. The van der Waals surface area contributed by atoms with Crippen molar-refractivity contribution < 1.29 is 21.2 Å². The summed E-state index contributed by atoms with van der Waals surface area (Å²) in [6.45, 7) is 5.64. The number of pyridine rings is 1. The van der Waals surface area contributed by atoms with Gasteiger partial charge in [-0.25, -0.2) is 9.71 Å². The van der Waals surface area contributed by atoms with E-state index in [1.54, 1.807) is 19.1 Å². The topological polar surface area (TPSA) is 125 Å². The Kier molecular flexibility index (Phi) is 6.70. The number of rotatable bonds is 7. The highest BCUT2D eigenvalue weighted by Crippen LogP contribution is 2.52. The molecule has 2 aliphatic carbocycles. The van der Waals surface area contributed by atoms with Gasteiger partial charge >= 0.3 is 0 Å². The van der Waals surface area contributed by atoms with Crippen molar-refractivity contribution in [1.82, 2.24) is 9.71 Å². The Morgan fingerprint density at radius 1 is 1.24 bits per heavy atom. The molecule has 0 aliphatic heterocycles. The van der Waals surface area contributed by atoms with E-state index in [1.165, 1.54) is 6.20 Å². The van der Waals surface area contributed by atoms with Crippen LogP contribution in [0, 0.1) is 13.8 Å². The number of nitrogens with one attached hydrogen (secondary N) is 2.